The van der Waals surface area contributed by atoms with Crippen molar-refractivity contribution in [3.63, 3.8) is 0 Å². The van der Waals surface area contributed by atoms with E-state index in [1.165, 1.54) is 0 Å². The molecule has 0 saturated carbocycles. The van der Waals surface area contributed by atoms with Crippen molar-refractivity contribution in [2.75, 3.05) is 0 Å². The lowest BCUT2D eigenvalue weighted by Crippen LogP contribution is -1.92. The van der Waals surface area contributed by atoms with Gasteiger partial charge in [-0.3, -0.25) is 4.40 Å². The Morgan fingerprint density at radius 1 is 1.47 bits per heavy atom. The Morgan fingerprint density at radius 3 is 3.00 bits per heavy atom. The third-order valence-corrected chi connectivity index (χ3v) is 2.67. The highest BCUT2D eigenvalue weighted by molar-refractivity contribution is 6.32. The molecule has 0 fully saturated rings. The minimum atomic E-state index is 0.405. The Balaban J connectivity index is 2.59. The third-order valence-electron chi connectivity index (χ3n) is 2.40. The summed E-state index contributed by atoms with van der Waals surface area (Å²) in [4.78, 5) is 8.26. The number of hydrogen-bond acceptors (Lipinski definition) is 2. The smallest absolute Gasteiger partial charge is 0.175 e. The van der Waals surface area contributed by atoms with E-state index in [-0.39, 0.29) is 0 Å². The van der Waals surface area contributed by atoms with Gasteiger partial charge in [-0.15, -0.1) is 0 Å². The quantitative estimate of drug-likeness (QED) is 0.775. The minimum Gasteiger partial charge on any atom is -0.296 e. The number of halogens is 1. The van der Waals surface area contributed by atoms with Gasteiger partial charge in [-0.2, -0.15) is 0 Å². The number of rotatable bonds is 3. The molecule has 17 heavy (non-hydrogen) atoms. The van der Waals surface area contributed by atoms with Crippen molar-refractivity contribution in [2.24, 2.45) is 0 Å². The van der Waals surface area contributed by atoms with Crippen molar-refractivity contribution in [3.8, 4) is 0 Å². The van der Waals surface area contributed by atoms with Gasteiger partial charge in [0.2, 0.25) is 0 Å². The second kappa shape index (κ2) is 4.97. The standard InChI is InChI=1S/C13H12ClN3/c1-3-5-6-10(4-2)11-9-16-13-12(14)15-7-8-17(11)13/h3-9H,1H2,2H3/b6-5-,10-4+. The van der Waals surface area contributed by atoms with E-state index in [9.17, 15) is 0 Å². The molecule has 4 heteroatoms. The summed E-state index contributed by atoms with van der Waals surface area (Å²) in [6.45, 7) is 5.63. The van der Waals surface area contributed by atoms with Crippen LogP contribution in [0.2, 0.25) is 5.15 Å². The van der Waals surface area contributed by atoms with Crippen LogP contribution in [-0.2, 0) is 0 Å². The van der Waals surface area contributed by atoms with Crippen LogP contribution in [0.5, 0.6) is 0 Å². The highest BCUT2D eigenvalue weighted by atomic mass is 35.5. The molecule has 2 rings (SSSR count). The van der Waals surface area contributed by atoms with Gasteiger partial charge in [-0.25, -0.2) is 9.97 Å². The third kappa shape index (κ3) is 2.15. The fraction of sp³-hybridized carbons (Fsp3) is 0.0769. The molecule has 0 aromatic carbocycles. The van der Waals surface area contributed by atoms with Crippen molar-refractivity contribution in [3.05, 3.63) is 60.3 Å². The maximum Gasteiger partial charge on any atom is 0.175 e. The number of fused-ring (bicyclic) bond motifs is 1. The molecule has 0 aliphatic rings. The number of aromatic nitrogens is 3. The van der Waals surface area contributed by atoms with Crippen LogP contribution in [0.1, 0.15) is 12.6 Å². The Hall–Kier alpha value is -1.87. The molecular formula is C13H12ClN3. The van der Waals surface area contributed by atoms with Gasteiger partial charge in [0.05, 0.1) is 11.9 Å². The molecule has 3 nitrogen and oxygen atoms in total. The lowest BCUT2D eigenvalue weighted by molar-refractivity contribution is 1.11. The zero-order valence-electron chi connectivity index (χ0n) is 9.47. The summed E-state index contributed by atoms with van der Waals surface area (Å²) < 4.78 is 1.91. The fourth-order valence-corrected chi connectivity index (χ4v) is 1.80. The zero-order valence-corrected chi connectivity index (χ0v) is 10.2. The lowest BCUT2D eigenvalue weighted by atomic mass is 10.2. The summed E-state index contributed by atoms with van der Waals surface area (Å²) in [5.74, 6) is 0. The van der Waals surface area contributed by atoms with Crippen LogP contribution in [0.4, 0.5) is 0 Å². The van der Waals surface area contributed by atoms with Crippen LogP contribution in [0, 0.1) is 0 Å². The summed E-state index contributed by atoms with van der Waals surface area (Å²) in [6.07, 6.45) is 12.9. The lowest BCUT2D eigenvalue weighted by Gasteiger charge is -2.02. The molecule has 0 atom stereocenters. The first-order valence-corrected chi connectivity index (χ1v) is 5.59. The molecule has 0 unspecified atom stereocenters. The van der Waals surface area contributed by atoms with Gasteiger partial charge in [-0.05, 0) is 12.5 Å². The van der Waals surface area contributed by atoms with E-state index in [2.05, 4.69) is 16.5 Å². The van der Waals surface area contributed by atoms with Crippen molar-refractivity contribution in [2.45, 2.75) is 6.92 Å². The largest absolute Gasteiger partial charge is 0.296 e. The van der Waals surface area contributed by atoms with Crippen LogP contribution >= 0.6 is 11.6 Å². The molecule has 0 amide bonds. The first-order chi connectivity index (χ1) is 8.27. The maximum absolute atomic E-state index is 5.97. The molecule has 0 aliphatic carbocycles. The summed E-state index contributed by atoms with van der Waals surface area (Å²) >= 11 is 5.97. The van der Waals surface area contributed by atoms with E-state index < -0.39 is 0 Å². The molecule has 2 heterocycles. The van der Waals surface area contributed by atoms with Gasteiger partial charge >= 0.3 is 0 Å². The summed E-state index contributed by atoms with van der Waals surface area (Å²) in [7, 11) is 0. The molecule has 0 N–H and O–H groups in total. The van der Waals surface area contributed by atoms with Crippen molar-refractivity contribution in [1.29, 1.82) is 0 Å². The summed E-state index contributed by atoms with van der Waals surface area (Å²) in [6, 6.07) is 0. The second-order valence-corrected chi connectivity index (χ2v) is 3.75. The average Bonchev–Trinajstić information content (AvgIpc) is 2.76. The maximum atomic E-state index is 5.97. The first-order valence-electron chi connectivity index (χ1n) is 5.21. The van der Waals surface area contributed by atoms with E-state index in [0.717, 1.165) is 11.3 Å². The monoisotopic (exact) mass is 245 g/mol. The van der Waals surface area contributed by atoms with Crippen molar-refractivity contribution < 1.29 is 0 Å². The van der Waals surface area contributed by atoms with E-state index >= 15 is 0 Å². The predicted octanol–water partition coefficient (Wildman–Crippen LogP) is 3.53. The molecule has 0 bridgehead atoms. The van der Waals surface area contributed by atoms with Crippen LogP contribution in [0.25, 0.3) is 11.2 Å². The number of hydrogen-bond donors (Lipinski definition) is 0. The molecule has 86 valence electrons. The number of nitrogens with zero attached hydrogens (tertiary/aromatic N) is 3. The van der Waals surface area contributed by atoms with E-state index in [0.29, 0.717) is 10.8 Å². The molecule has 2 aromatic heterocycles. The van der Waals surface area contributed by atoms with Crippen LogP contribution in [0.15, 0.2) is 49.5 Å². The summed E-state index contributed by atoms with van der Waals surface area (Å²) in [5, 5.41) is 0.405. The summed E-state index contributed by atoms with van der Waals surface area (Å²) in [5.41, 5.74) is 2.69. The van der Waals surface area contributed by atoms with Crippen molar-refractivity contribution in [1.82, 2.24) is 14.4 Å². The van der Waals surface area contributed by atoms with E-state index in [1.54, 1.807) is 18.5 Å². The van der Waals surface area contributed by atoms with E-state index in [4.69, 9.17) is 11.6 Å². The highest BCUT2D eigenvalue weighted by Gasteiger charge is 2.08. The normalized spacial score (nSPS) is 12.5. The molecule has 2 aromatic rings. The average molecular weight is 246 g/mol. The fourth-order valence-electron chi connectivity index (χ4n) is 1.60. The predicted molar refractivity (Wildman–Crippen MR) is 71.0 cm³/mol. The van der Waals surface area contributed by atoms with Gasteiger partial charge in [0, 0.05) is 12.4 Å². The second-order valence-electron chi connectivity index (χ2n) is 3.39. The van der Waals surface area contributed by atoms with Gasteiger partial charge < -0.3 is 0 Å². The van der Waals surface area contributed by atoms with Crippen molar-refractivity contribution >= 4 is 22.8 Å². The topological polar surface area (TPSA) is 30.2 Å². The molecule has 0 spiro atoms. The van der Waals surface area contributed by atoms with Crippen LogP contribution < -0.4 is 0 Å². The Bertz CT molecular complexity index is 608. The highest BCUT2D eigenvalue weighted by Crippen LogP contribution is 2.20. The van der Waals surface area contributed by atoms with Crippen LogP contribution in [0.3, 0.4) is 0 Å². The zero-order chi connectivity index (χ0) is 12.3. The molecule has 0 saturated heterocycles. The Morgan fingerprint density at radius 2 is 2.29 bits per heavy atom. The Labute approximate surface area is 105 Å². The Kier molecular flexibility index (Phi) is 3.40. The van der Waals surface area contributed by atoms with Gasteiger partial charge in [0.15, 0.2) is 10.8 Å². The minimum absolute atomic E-state index is 0.405. The molecular weight excluding hydrogens is 234 g/mol. The first kappa shape index (κ1) is 11.6. The number of imidazole rings is 1. The SMILES string of the molecule is C=C/C=C\C(=C/C)c1cnc2c(Cl)nccn12. The molecule has 0 radical (unpaired) electrons. The van der Waals surface area contributed by atoms with Crippen LogP contribution in [-0.4, -0.2) is 14.4 Å². The van der Waals surface area contributed by atoms with Gasteiger partial charge in [0.1, 0.15) is 0 Å². The van der Waals surface area contributed by atoms with Gasteiger partial charge in [-0.1, -0.05) is 42.5 Å². The number of allylic oxidation sites excluding steroid dienone is 5. The van der Waals surface area contributed by atoms with E-state index in [1.807, 2.05) is 35.7 Å². The molecule has 0 aliphatic heterocycles. The van der Waals surface area contributed by atoms with Gasteiger partial charge in [0.25, 0.3) is 0 Å².